The maximum absolute atomic E-state index is 14.3. The van der Waals surface area contributed by atoms with Crippen molar-refractivity contribution in [2.24, 2.45) is 5.73 Å². The maximum atomic E-state index is 14.3. The molecule has 4 heterocycles. The molecule has 17 nitrogen and oxygen atoms in total. The lowest BCUT2D eigenvalue weighted by Crippen LogP contribution is -2.45. The van der Waals surface area contributed by atoms with Crippen LogP contribution in [0.4, 0.5) is 52.7 Å². The lowest BCUT2D eigenvalue weighted by atomic mass is 10.0. The number of fused-ring (bicyclic) bond motifs is 2. The first kappa shape index (κ1) is 58.1. The number of hydrogen-bond donors (Lipinski definition) is 3. The second kappa shape index (κ2) is 23.8. The van der Waals surface area contributed by atoms with Gasteiger partial charge in [0.15, 0.2) is 34.9 Å². The van der Waals surface area contributed by atoms with Crippen molar-refractivity contribution in [3.05, 3.63) is 93.6 Å². The van der Waals surface area contributed by atoms with Crippen molar-refractivity contribution in [1.82, 2.24) is 50.0 Å². The van der Waals surface area contributed by atoms with E-state index >= 15 is 0 Å². The summed E-state index contributed by atoms with van der Waals surface area (Å²) in [6, 6.07) is -0.222. The molecule has 2 aromatic carbocycles. The SMILES string of the molecule is CC(C)(C)OC(=O)CCC(=O)NC(CC(=O)N1CCn2c(nnc2C(F)(F)F)C1)Cc1cc(F)c(F)cc1F.Cl.NCC(=O)NC(CC(=O)N1CCn2c(nnc2C(F)(F)F)C1)Cc1cc(F)c(F)cc1F. The van der Waals surface area contributed by atoms with Gasteiger partial charge in [-0.1, -0.05) is 0 Å². The van der Waals surface area contributed by atoms with E-state index in [1.807, 2.05) is 0 Å². The zero-order chi connectivity index (χ0) is 52.7. The van der Waals surface area contributed by atoms with Crippen molar-refractivity contribution in [1.29, 1.82) is 0 Å². The molecule has 4 amide bonds. The van der Waals surface area contributed by atoms with Crippen LogP contribution >= 0.6 is 12.4 Å². The molecule has 4 N–H and O–H groups in total. The Balaban J connectivity index is 0.000000314. The van der Waals surface area contributed by atoms with Gasteiger partial charge in [0.1, 0.15) is 17.2 Å². The summed E-state index contributed by atoms with van der Waals surface area (Å²) in [6.45, 7) is 3.35. The summed E-state index contributed by atoms with van der Waals surface area (Å²) in [4.78, 5) is 64.3. The second-order valence-corrected chi connectivity index (χ2v) is 17.2. The Morgan fingerprint density at radius 2 is 0.986 bits per heavy atom. The molecule has 0 radical (unpaired) electrons. The van der Waals surface area contributed by atoms with Crippen molar-refractivity contribution in [2.75, 3.05) is 19.6 Å². The van der Waals surface area contributed by atoms with Gasteiger partial charge < -0.3 is 40.0 Å². The predicted molar refractivity (Wildman–Crippen MR) is 225 cm³/mol. The highest BCUT2D eigenvalue weighted by Crippen LogP contribution is 2.31. The molecule has 2 aliphatic heterocycles. The minimum Gasteiger partial charge on any atom is -0.460 e. The van der Waals surface area contributed by atoms with Gasteiger partial charge in [-0.3, -0.25) is 24.0 Å². The molecule has 72 heavy (non-hydrogen) atoms. The van der Waals surface area contributed by atoms with Gasteiger partial charge in [0.05, 0.1) is 26.1 Å². The highest BCUT2D eigenvalue weighted by Gasteiger charge is 2.41. The average molecular weight is 1060 g/mol. The molecule has 2 unspecified atom stereocenters. The molecule has 0 fully saturated rings. The van der Waals surface area contributed by atoms with Crippen molar-refractivity contribution in [2.45, 2.75) is 116 Å². The van der Waals surface area contributed by atoms with Crippen LogP contribution in [0.5, 0.6) is 0 Å². The summed E-state index contributed by atoms with van der Waals surface area (Å²) in [5.41, 5.74) is 3.90. The summed E-state index contributed by atoms with van der Waals surface area (Å²) in [5, 5.41) is 18.2. The normalized spacial score (nSPS) is 14.4. The molecule has 2 aromatic heterocycles. The number of hydrogen-bond acceptors (Lipinski definition) is 11. The zero-order valence-corrected chi connectivity index (χ0v) is 39.0. The van der Waals surface area contributed by atoms with Gasteiger partial charge in [-0.05, 0) is 56.9 Å². The van der Waals surface area contributed by atoms with Gasteiger partial charge in [0.25, 0.3) is 0 Å². The van der Waals surface area contributed by atoms with Gasteiger partial charge in [-0.15, -0.1) is 32.8 Å². The van der Waals surface area contributed by atoms with Gasteiger partial charge in [-0.2, -0.15) is 26.3 Å². The van der Waals surface area contributed by atoms with E-state index in [-0.39, 0.29) is 100 Å². The molecule has 30 heteroatoms. The smallest absolute Gasteiger partial charge is 0.451 e. The Hall–Kier alpha value is -6.52. The number of aromatic nitrogens is 6. The van der Waals surface area contributed by atoms with Crippen molar-refractivity contribution in [3.63, 3.8) is 0 Å². The largest absolute Gasteiger partial charge is 0.460 e. The molecular weight excluding hydrogens is 1020 g/mol. The monoisotopic (exact) mass is 1060 g/mol. The Morgan fingerprint density at radius 3 is 1.36 bits per heavy atom. The van der Waals surface area contributed by atoms with Crippen LogP contribution in [0, 0.1) is 34.9 Å². The molecular formula is C42H46ClF12N11O6. The van der Waals surface area contributed by atoms with E-state index in [1.165, 1.54) is 9.80 Å². The fraction of sp³-hybridized carbons (Fsp3) is 0.500. The molecule has 0 bridgehead atoms. The number of nitrogens with two attached hydrogens (primary N) is 1. The first-order chi connectivity index (χ1) is 33.0. The molecule has 4 aromatic rings. The number of esters is 1. The van der Waals surface area contributed by atoms with Crippen molar-refractivity contribution < 1.29 is 81.4 Å². The van der Waals surface area contributed by atoms with Crippen LogP contribution in [0.25, 0.3) is 0 Å². The van der Waals surface area contributed by atoms with E-state index in [4.69, 9.17) is 10.5 Å². The maximum Gasteiger partial charge on any atom is 0.451 e. The van der Waals surface area contributed by atoms with E-state index in [2.05, 4.69) is 31.0 Å². The number of nitrogens with zero attached hydrogens (tertiary/aromatic N) is 8. The molecule has 2 aliphatic rings. The van der Waals surface area contributed by atoms with Crippen LogP contribution in [0.1, 0.15) is 80.9 Å². The fourth-order valence-electron chi connectivity index (χ4n) is 7.35. The number of amides is 4. The number of nitrogens with one attached hydrogen (secondary N) is 2. The molecule has 0 aliphatic carbocycles. The minimum absolute atomic E-state index is 0. The van der Waals surface area contributed by atoms with Gasteiger partial charge >= 0.3 is 18.3 Å². The van der Waals surface area contributed by atoms with Crippen molar-refractivity contribution in [3.8, 4) is 0 Å². The van der Waals surface area contributed by atoms with Gasteiger partial charge in [0, 0.05) is 69.7 Å². The number of carbonyl (C=O) groups is 5. The van der Waals surface area contributed by atoms with E-state index in [9.17, 15) is 76.7 Å². The summed E-state index contributed by atoms with van der Waals surface area (Å²) in [6.07, 6.45) is -11.6. The second-order valence-electron chi connectivity index (χ2n) is 17.2. The predicted octanol–water partition coefficient (Wildman–Crippen LogP) is 4.85. The molecule has 0 spiro atoms. The Labute approximate surface area is 407 Å². The molecule has 2 atom stereocenters. The zero-order valence-electron chi connectivity index (χ0n) is 38.2. The third-order valence-corrected chi connectivity index (χ3v) is 10.6. The van der Waals surface area contributed by atoms with Crippen LogP contribution in [0.15, 0.2) is 24.3 Å². The number of alkyl halides is 6. The Bertz CT molecular complexity index is 2620. The van der Waals surface area contributed by atoms with E-state index in [0.717, 1.165) is 9.13 Å². The number of benzene rings is 2. The lowest BCUT2D eigenvalue weighted by molar-refractivity contribution is -0.156. The van der Waals surface area contributed by atoms with Crippen LogP contribution in [0.2, 0.25) is 0 Å². The first-order valence-corrected chi connectivity index (χ1v) is 21.3. The minimum atomic E-state index is -4.72. The summed E-state index contributed by atoms with van der Waals surface area (Å²) in [7, 11) is 0. The standard InChI is InChI=1S/C24H27F6N5O4.C18H18F6N6O2.ClH/c1-23(2,3)39-21(38)5-4-19(36)31-14(8-13-9-16(26)17(27)11-15(13)25)10-20(37)34-6-7-35-18(12-34)32-33-22(35)24(28,29)30;19-11-6-13(21)12(20)4-9(11)3-10(26-15(31)7-25)5-16(32)29-1-2-30-14(8-29)27-28-17(30)18(22,23)24;/h9,11,14H,4-8,10,12H2,1-3H3,(H,31,36);4,6,10H,1-3,5,7-8,25H2,(H,26,31);1H. The number of ether oxygens (including phenoxy) is 1. The quantitative estimate of drug-likeness (QED) is 0.0883. The summed E-state index contributed by atoms with van der Waals surface area (Å²) < 4.78 is 167. The Morgan fingerprint density at radius 1 is 0.597 bits per heavy atom. The third kappa shape index (κ3) is 15.7. The molecule has 6 rings (SSSR count). The number of halogens is 13. The van der Waals surface area contributed by atoms with Crippen LogP contribution in [-0.2, 0) is 80.1 Å². The molecule has 396 valence electrons. The van der Waals surface area contributed by atoms with E-state index in [0.29, 0.717) is 24.3 Å². The van der Waals surface area contributed by atoms with Crippen molar-refractivity contribution >= 4 is 42.0 Å². The topological polar surface area (TPSA) is 213 Å². The van der Waals surface area contributed by atoms with E-state index < -0.39 is 126 Å². The lowest BCUT2D eigenvalue weighted by Gasteiger charge is -2.29. The van der Waals surface area contributed by atoms with Crippen LogP contribution in [0.3, 0.4) is 0 Å². The van der Waals surface area contributed by atoms with Gasteiger partial charge in [-0.25, -0.2) is 26.3 Å². The van der Waals surface area contributed by atoms with Crippen LogP contribution < -0.4 is 16.4 Å². The number of rotatable bonds is 14. The summed E-state index contributed by atoms with van der Waals surface area (Å²) >= 11 is 0. The molecule has 0 saturated carbocycles. The third-order valence-electron chi connectivity index (χ3n) is 10.6. The average Bonchev–Trinajstić information content (AvgIpc) is 3.91. The number of carbonyl (C=O) groups excluding carboxylic acids is 5. The molecule has 0 saturated heterocycles. The van der Waals surface area contributed by atoms with Gasteiger partial charge in [0.2, 0.25) is 35.3 Å². The highest BCUT2D eigenvalue weighted by molar-refractivity contribution is 5.85. The summed E-state index contributed by atoms with van der Waals surface area (Å²) in [5.74, 6) is -13.3. The fourth-order valence-corrected chi connectivity index (χ4v) is 7.35. The highest BCUT2D eigenvalue weighted by atomic mass is 35.5. The first-order valence-electron chi connectivity index (χ1n) is 21.3. The van der Waals surface area contributed by atoms with Crippen LogP contribution in [-0.4, -0.2) is 106 Å². The Kier molecular flexibility index (Phi) is 19.2. The van der Waals surface area contributed by atoms with E-state index in [1.54, 1.807) is 20.8 Å².